The highest BCUT2D eigenvalue weighted by atomic mass is 79.9. The molecule has 29 heavy (non-hydrogen) atoms. The van der Waals surface area contributed by atoms with Crippen molar-refractivity contribution in [2.75, 3.05) is 13.7 Å². The van der Waals surface area contributed by atoms with E-state index >= 15 is 0 Å². The third kappa shape index (κ3) is 5.03. The lowest BCUT2D eigenvalue weighted by molar-refractivity contribution is -0.122. The molecule has 0 aliphatic carbocycles. The van der Waals surface area contributed by atoms with E-state index < -0.39 is 0 Å². The summed E-state index contributed by atoms with van der Waals surface area (Å²) in [7, 11) is 1.57. The predicted molar refractivity (Wildman–Crippen MR) is 119 cm³/mol. The van der Waals surface area contributed by atoms with Crippen molar-refractivity contribution in [3.63, 3.8) is 0 Å². The maximum absolute atomic E-state index is 12.5. The van der Waals surface area contributed by atoms with Crippen LogP contribution in [-0.2, 0) is 11.4 Å². The highest BCUT2D eigenvalue weighted by Gasteiger charge is 2.34. The number of aryl methyl sites for hydroxylation is 1. The molecule has 1 aliphatic rings. The molecule has 2 aromatic rings. The molecule has 0 unspecified atom stereocenters. The van der Waals surface area contributed by atoms with Gasteiger partial charge in [0, 0.05) is 11.0 Å². The normalized spacial score (nSPS) is 15.3. The Kier molecular flexibility index (Phi) is 7.03. The Morgan fingerprint density at radius 1 is 1.14 bits per heavy atom. The van der Waals surface area contributed by atoms with Crippen molar-refractivity contribution in [3.05, 3.63) is 62.5 Å². The van der Waals surface area contributed by atoms with Gasteiger partial charge in [-0.25, -0.2) is 0 Å². The Hall–Kier alpha value is -2.25. The SMILES string of the molecule is CCCN1C(=O)S/C(=C/c2cc(OC)c(OCc3ccc(C)cc3)cc2Br)C1=O. The zero-order valence-electron chi connectivity index (χ0n) is 16.5. The number of methoxy groups -OCH3 is 1. The molecule has 0 spiro atoms. The molecule has 0 aromatic heterocycles. The first-order chi connectivity index (χ1) is 13.9. The molecule has 0 saturated carbocycles. The van der Waals surface area contributed by atoms with E-state index in [9.17, 15) is 9.59 Å². The Morgan fingerprint density at radius 2 is 1.86 bits per heavy atom. The minimum absolute atomic E-state index is 0.232. The number of nitrogens with zero attached hydrogens (tertiary/aromatic N) is 1. The number of rotatable bonds is 7. The summed E-state index contributed by atoms with van der Waals surface area (Å²) in [4.78, 5) is 26.2. The summed E-state index contributed by atoms with van der Waals surface area (Å²) in [6.45, 7) is 4.82. The van der Waals surface area contributed by atoms with Crippen molar-refractivity contribution in [1.82, 2.24) is 4.90 Å². The topological polar surface area (TPSA) is 55.8 Å². The van der Waals surface area contributed by atoms with E-state index in [4.69, 9.17) is 9.47 Å². The van der Waals surface area contributed by atoms with Crippen LogP contribution in [0.2, 0.25) is 0 Å². The number of ether oxygens (including phenoxy) is 2. The molecule has 1 fully saturated rings. The third-order valence-corrected chi connectivity index (χ3v) is 6.00. The second kappa shape index (κ2) is 9.50. The molecular weight excluding hydrogens is 454 g/mol. The zero-order valence-corrected chi connectivity index (χ0v) is 18.9. The van der Waals surface area contributed by atoms with E-state index in [1.807, 2.05) is 44.2 Å². The van der Waals surface area contributed by atoms with Crippen molar-refractivity contribution in [2.45, 2.75) is 26.9 Å². The quantitative estimate of drug-likeness (QED) is 0.474. The van der Waals surface area contributed by atoms with E-state index in [0.717, 1.165) is 33.8 Å². The number of amides is 2. The van der Waals surface area contributed by atoms with Gasteiger partial charge in [-0.05, 0) is 54.4 Å². The van der Waals surface area contributed by atoms with Gasteiger partial charge in [0.1, 0.15) is 6.61 Å². The third-order valence-electron chi connectivity index (χ3n) is 4.41. The van der Waals surface area contributed by atoms with Gasteiger partial charge in [-0.1, -0.05) is 52.7 Å². The zero-order chi connectivity index (χ0) is 21.0. The molecular formula is C22H22BrNO4S. The fourth-order valence-corrected chi connectivity index (χ4v) is 4.13. The number of halogens is 1. The van der Waals surface area contributed by atoms with Crippen LogP contribution < -0.4 is 9.47 Å². The van der Waals surface area contributed by atoms with Crippen molar-refractivity contribution in [2.24, 2.45) is 0 Å². The molecule has 0 atom stereocenters. The Balaban J connectivity index is 1.82. The van der Waals surface area contributed by atoms with Crippen LogP contribution in [0.3, 0.4) is 0 Å². The number of hydrogen-bond acceptors (Lipinski definition) is 5. The minimum atomic E-state index is -0.257. The van der Waals surface area contributed by atoms with Crippen LogP contribution in [0.5, 0.6) is 11.5 Å². The fourth-order valence-electron chi connectivity index (χ4n) is 2.84. The lowest BCUT2D eigenvalue weighted by atomic mass is 10.1. The number of imide groups is 1. The molecule has 152 valence electrons. The molecule has 3 rings (SSSR count). The van der Waals surface area contributed by atoms with E-state index in [2.05, 4.69) is 15.9 Å². The summed E-state index contributed by atoms with van der Waals surface area (Å²) < 4.78 is 12.2. The monoisotopic (exact) mass is 475 g/mol. The molecule has 0 radical (unpaired) electrons. The average molecular weight is 476 g/mol. The van der Waals surface area contributed by atoms with Crippen molar-refractivity contribution in [1.29, 1.82) is 0 Å². The maximum atomic E-state index is 12.5. The van der Waals surface area contributed by atoms with Gasteiger partial charge in [-0.3, -0.25) is 14.5 Å². The van der Waals surface area contributed by atoms with Gasteiger partial charge in [-0.15, -0.1) is 0 Å². The van der Waals surface area contributed by atoms with Crippen LogP contribution in [0.15, 0.2) is 45.8 Å². The second-order valence-electron chi connectivity index (χ2n) is 6.63. The number of carbonyl (C=O) groups is 2. The van der Waals surface area contributed by atoms with Crippen molar-refractivity contribution in [3.8, 4) is 11.5 Å². The minimum Gasteiger partial charge on any atom is -0.493 e. The summed E-state index contributed by atoms with van der Waals surface area (Å²) in [5, 5.41) is -0.232. The van der Waals surface area contributed by atoms with E-state index in [1.165, 1.54) is 10.5 Å². The van der Waals surface area contributed by atoms with Crippen LogP contribution in [0.1, 0.15) is 30.0 Å². The molecule has 0 bridgehead atoms. The standard InChI is InChI=1S/C22H22BrNO4S/c1-4-9-24-21(25)20(29-22(24)26)11-16-10-18(27-3)19(12-17(16)23)28-13-15-7-5-14(2)6-8-15/h5-8,10-12H,4,9,13H2,1-3H3/b20-11+. The first-order valence-corrected chi connectivity index (χ1v) is 10.8. The highest BCUT2D eigenvalue weighted by molar-refractivity contribution is 9.10. The molecule has 2 aromatic carbocycles. The van der Waals surface area contributed by atoms with Gasteiger partial charge in [0.05, 0.1) is 12.0 Å². The predicted octanol–water partition coefficient (Wildman–Crippen LogP) is 5.79. The largest absolute Gasteiger partial charge is 0.493 e. The maximum Gasteiger partial charge on any atom is 0.293 e. The summed E-state index contributed by atoms with van der Waals surface area (Å²) in [6.07, 6.45) is 2.44. The molecule has 1 aliphatic heterocycles. The molecule has 0 N–H and O–H groups in total. The van der Waals surface area contributed by atoms with E-state index in [0.29, 0.717) is 29.6 Å². The molecule has 1 heterocycles. The van der Waals surface area contributed by atoms with Crippen LogP contribution in [0, 0.1) is 6.92 Å². The van der Waals surface area contributed by atoms with Crippen LogP contribution >= 0.6 is 27.7 Å². The van der Waals surface area contributed by atoms with Crippen molar-refractivity contribution >= 4 is 44.9 Å². The lowest BCUT2D eigenvalue weighted by Gasteiger charge is -2.13. The summed E-state index contributed by atoms with van der Waals surface area (Å²) in [5.74, 6) is 0.892. The van der Waals surface area contributed by atoms with Gasteiger partial charge >= 0.3 is 0 Å². The summed E-state index contributed by atoms with van der Waals surface area (Å²) >= 11 is 4.49. The summed E-state index contributed by atoms with van der Waals surface area (Å²) in [6, 6.07) is 11.7. The van der Waals surface area contributed by atoms with Crippen LogP contribution in [-0.4, -0.2) is 29.7 Å². The lowest BCUT2D eigenvalue weighted by Crippen LogP contribution is -2.28. The molecule has 5 nitrogen and oxygen atoms in total. The van der Waals surface area contributed by atoms with Crippen LogP contribution in [0.25, 0.3) is 6.08 Å². The Bertz CT molecular complexity index is 956. The smallest absolute Gasteiger partial charge is 0.293 e. The van der Waals surface area contributed by atoms with Gasteiger partial charge in [0.2, 0.25) is 0 Å². The molecule has 2 amide bonds. The van der Waals surface area contributed by atoms with Crippen LogP contribution in [0.4, 0.5) is 4.79 Å². The highest BCUT2D eigenvalue weighted by Crippen LogP contribution is 2.38. The number of carbonyl (C=O) groups excluding carboxylic acids is 2. The van der Waals surface area contributed by atoms with Gasteiger partial charge in [-0.2, -0.15) is 0 Å². The number of hydrogen-bond donors (Lipinski definition) is 0. The van der Waals surface area contributed by atoms with Gasteiger partial charge < -0.3 is 9.47 Å². The Labute approximate surface area is 183 Å². The molecule has 1 saturated heterocycles. The van der Waals surface area contributed by atoms with E-state index in [-0.39, 0.29) is 11.1 Å². The first-order valence-electron chi connectivity index (χ1n) is 9.24. The van der Waals surface area contributed by atoms with Gasteiger partial charge in [0.15, 0.2) is 11.5 Å². The van der Waals surface area contributed by atoms with Crippen molar-refractivity contribution < 1.29 is 19.1 Å². The molecule has 7 heteroatoms. The summed E-state index contributed by atoms with van der Waals surface area (Å²) in [5.41, 5.74) is 3.00. The average Bonchev–Trinajstić information content (AvgIpc) is 2.97. The van der Waals surface area contributed by atoms with Gasteiger partial charge in [0.25, 0.3) is 11.1 Å². The number of thioether (sulfide) groups is 1. The Morgan fingerprint density at radius 3 is 2.52 bits per heavy atom. The number of benzene rings is 2. The fraction of sp³-hybridized carbons (Fsp3) is 0.273. The first kappa shape index (κ1) is 21.5. The second-order valence-corrected chi connectivity index (χ2v) is 8.48. The van der Waals surface area contributed by atoms with E-state index in [1.54, 1.807) is 19.3 Å².